The summed E-state index contributed by atoms with van der Waals surface area (Å²) in [6.45, 7) is 3.68. The van der Waals surface area contributed by atoms with E-state index >= 15 is 0 Å². The smallest absolute Gasteiger partial charge is 0.265 e. The molecule has 1 aliphatic heterocycles. The zero-order valence-electron chi connectivity index (χ0n) is 18.2. The maximum Gasteiger partial charge on any atom is 0.265 e. The molecule has 0 aliphatic carbocycles. The Morgan fingerprint density at radius 3 is 2.67 bits per heavy atom. The first-order valence-electron chi connectivity index (χ1n) is 10.4. The summed E-state index contributed by atoms with van der Waals surface area (Å²) in [5.74, 6) is 0.874. The number of aryl methyl sites for hydroxylation is 2. The van der Waals surface area contributed by atoms with Gasteiger partial charge in [0.05, 0.1) is 17.1 Å². The van der Waals surface area contributed by atoms with Crippen molar-refractivity contribution in [3.05, 3.63) is 64.3 Å². The third-order valence-electron chi connectivity index (χ3n) is 5.22. The second kappa shape index (κ2) is 9.50. The van der Waals surface area contributed by atoms with Crippen molar-refractivity contribution >= 4 is 33.2 Å². The first-order chi connectivity index (χ1) is 15.8. The van der Waals surface area contributed by atoms with Crippen LogP contribution in [0.4, 0.5) is 5.69 Å². The second-order valence-electron chi connectivity index (χ2n) is 7.59. The molecule has 0 saturated carbocycles. The standard InChI is InChI=1S/C22H23ClN4O5S/c1-3-21-25-20(26-32-21)12-27-17-10-14(2)19(11-18(17)31-13-22(27)28)33(29,30)24-9-8-15-4-6-16(23)7-5-15/h4-7,10-11,24H,3,8-9,12-13H2,1-2H3. The number of carbonyl (C=O) groups excluding carboxylic acids is 1. The van der Waals surface area contributed by atoms with E-state index in [9.17, 15) is 13.2 Å². The summed E-state index contributed by atoms with van der Waals surface area (Å²) in [4.78, 5) is 18.3. The number of fused-ring (bicyclic) bond motifs is 1. The Bertz CT molecular complexity index is 1270. The zero-order valence-corrected chi connectivity index (χ0v) is 19.7. The lowest BCUT2D eigenvalue weighted by molar-refractivity contribution is -0.121. The zero-order chi connectivity index (χ0) is 23.6. The first-order valence-corrected chi connectivity index (χ1v) is 12.3. The molecule has 0 bridgehead atoms. The Kier molecular flexibility index (Phi) is 6.68. The number of nitrogens with one attached hydrogen (secondary N) is 1. The van der Waals surface area contributed by atoms with Crippen molar-refractivity contribution < 1.29 is 22.5 Å². The van der Waals surface area contributed by atoms with Gasteiger partial charge in [-0.15, -0.1) is 0 Å². The maximum atomic E-state index is 13.0. The van der Waals surface area contributed by atoms with Crippen LogP contribution in [0.3, 0.4) is 0 Å². The summed E-state index contributed by atoms with van der Waals surface area (Å²) in [6, 6.07) is 10.3. The van der Waals surface area contributed by atoms with Crippen LogP contribution >= 0.6 is 11.6 Å². The topological polar surface area (TPSA) is 115 Å². The lowest BCUT2D eigenvalue weighted by Gasteiger charge is -2.29. The van der Waals surface area contributed by atoms with Gasteiger partial charge in [-0.25, -0.2) is 13.1 Å². The highest BCUT2D eigenvalue weighted by Gasteiger charge is 2.30. The van der Waals surface area contributed by atoms with Crippen LogP contribution < -0.4 is 14.4 Å². The van der Waals surface area contributed by atoms with E-state index in [1.54, 1.807) is 25.1 Å². The number of sulfonamides is 1. The molecule has 0 fully saturated rings. The number of nitrogens with zero attached hydrogens (tertiary/aromatic N) is 3. The van der Waals surface area contributed by atoms with Gasteiger partial charge in [0.1, 0.15) is 5.75 Å². The molecule has 1 N–H and O–H groups in total. The van der Waals surface area contributed by atoms with Crippen molar-refractivity contribution in [1.82, 2.24) is 14.9 Å². The third-order valence-corrected chi connectivity index (χ3v) is 7.08. The van der Waals surface area contributed by atoms with E-state index < -0.39 is 10.0 Å². The fourth-order valence-corrected chi connectivity index (χ4v) is 4.89. The number of hydrogen-bond donors (Lipinski definition) is 1. The van der Waals surface area contributed by atoms with Crippen LogP contribution in [-0.2, 0) is 34.2 Å². The summed E-state index contributed by atoms with van der Waals surface area (Å²) in [6.07, 6.45) is 1.11. The monoisotopic (exact) mass is 490 g/mol. The van der Waals surface area contributed by atoms with Gasteiger partial charge >= 0.3 is 0 Å². The molecule has 4 rings (SSSR count). The predicted molar refractivity (Wildman–Crippen MR) is 122 cm³/mol. The normalized spacial score (nSPS) is 13.7. The van der Waals surface area contributed by atoms with Gasteiger partial charge in [-0.3, -0.25) is 9.69 Å². The van der Waals surface area contributed by atoms with Crippen molar-refractivity contribution in [2.24, 2.45) is 0 Å². The lowest BCUT2D eigenvalue weighted by atomic mass is 10.1. The van der Waals surface area contributed by atoms with Crippen LogP contribution in [0.25, 0.3) is 0 Å². The van der Waals surface area contributed by atoms with Gasteiger partial charge in [0.15, 0.2) is 12.4 Å². The molecule has 3 aromatic rings. The van der Waals surface area contributed by atoms with E-state index in [0.717, 1.165) is 5.56 Å². The molecule has 9 nitrogen and oxygen atoms in total. The van der Waals surface area contributed by atoms with Crippen LogP contribution in [-0.4, -0.2) is 37.6 Å². The van der Waals surface area contributed by atoms with Gasteiger partial charge < -0.3 is 9.26 Å². The molecule has 11 heteroatoms. The molecule has 2 aromatic carbocycles. The minimum Gasteiger partial charge on any atom is -0.482 e. The van der Waals surface area contributed by atoms with Crippen LogP contribution in [0.1, 0.15) is 29.8 Å². The van der Waals surface area contributed by atoms with Crippen molar-refractivity contribution in [3.8, 4) is 5.75 Å². The number of halogens is 1. The summed E-state index contributed by atoms with van der Waals surface area (Å²) in [5, 5.41) is 4.52. The number of hydrogen-bond acceptors (Lipinski definition) is 7. The van der Waals surface area contributed by atoms with Gasteiger partial charge in [-0.2, -0.15) is 4.98 Å². The third kappa shape index (κ3) is 5.18. The molecular weight excluding hydrogens is 468 g/mol. The van der Waals surface area contributed by atoms with Gasteiger partial charge in [0, 0.05) is 24.1 Å². The highest BCUT2D eigenvalue weighted by molar-refractivity contribution is 7.89. The number of amides is 1. The van der Waals surface area contributed by atoms with Gasteiger partial charge in [-0.1, -0.05) is 35.8 Å². The molecule has 0 atom stereocenters. The molecule has 33 heavy (non-hydrogen) atoms. The highest BCUT2D eigenvalue weighted by atomic mass is 35.5. The quantitative estimate of drug-likeness (QED) is 0.516. The molecule has 1 amide bonds. The van der Waals surface area contributed by atoms with Crippen molar-refractivity contribution in [2.75, 3.05) is 18.1 Å². The van der Waals surface area contributed by atoms with E-state index in [1.807, 2.05) is 19.1 Å². The SMILES string of the molecule is CCc1nc(CN2C(=O)COc3cc(S(=O)(=O)NCCc4ccc(Cl)cc4)c(C)cc32)no1. The number of ether oxygens (including phenoxy) is 1. The number of anilines is 1. The Morgan fingerprint density at radius 1 is 1.21 bits per heavy atom. The van der Waals surface area contributed by atoms with Crippen molar-refractivity contribution in [2.45, 2.75) is 38.1 Å². The fraction of sp³-hybridized carbons (Fsp3) is 0.318. The largest absolute Gasteiger partial charge is 0.482 e. The molecule has 0 unspecified atom stereocenters. The molecule has 0 saturated heterocycles. The van der Waals surface area contributed by atoms with Crippen molar-refractivity contribution in [3.63, 3.8) is 0 Å². The molecule has 2 heterocycles. The average Bonchev–Trinajstić information content (AvgIpc) is 3.24. The lowest BCUT2D eigenvalue weighted by Crippen LogP contribution is -2.39. The molecule has 1 aliphatic rings. The molecule has 0 radical (unpaired) electrons. The summed E-state index contributed by atoms with van der Waals surface area (Å²) in [5.41, 5.74) is 1.92. The molecular formula is C22H23ClN4O5S. The highest BCUT2D eigenvalue weighted by Crippen LogP contribution is 2.37. The fourth-order valence-electron chi connectivity index (χ4n) is 3.49. The van der Waals surface area contributed by atoms with Crippen molar-refractivity contribution in [1.29, 1.82) is 0 Å². The number of rotatable bonds is 8. The first kappa shape index (κ1) is 23.2. The van der Waals surface area contributed by atoms with E-state index in [1.165, 1.54) is 11.0 Å². The summed E-state index contributed by atoms with van der Waals surface area (Å²) >= 11 is 5.89. The number of aromatic nitrogens is 2. The van der Waals surface area contributed by atoms with E-state index in [-0.39, 0.29) is 30.5 Å². The van der Waals surface area contributed by atoms with E-state index in [0.29, 0.717) is 46.6 Å². The number of benzene rings is 2. The minimum atomic E-state index is -3.79. The van der Waals surface area contributed by atoms with Crippen LogP contribution in [0.2, 0.25) is 5.02 Å². The Morgan fingerprint density at radius 2 is 1.97 bits per heavy atom. The van der Waals surface area contributed by atoms with Crippen LogP contribution in [0.5, 0.6) is 5.75 Å². The predicted octanol–water partition coefficient (Wildman–Crippen LogP) is 3.04. The van der Waals surface area contributed by atoms with Gasteiger partial charge in [-0.05, 0) is 42.7 Å². The van der Waals surface area contributed by atoms with E-state index in [4.69, 9.17) is 20.9 Å². The Hall–Kier alpha value is -2.95. The summed E-state index contributed by atoms with van der Waals surface area (Å²) in [7, 11) is -3.79. The molecule has 0 spiro atoms. The minimum absolute atomic E-state index is 0.0967. The van der Waals surface area contributed by atoms with Crippen LogP contribution in [0, 0.1) is 6.92 Å². The Labute approximate surface area is 196 Å². The van der Waals surface area contributed by atoms with Gasteiger partial charge in [0.2, 0.25) is 15.9 Å². The second-order valence-corrected chi connectivity index (χ2v) is 9.76. The maximum absolute atomic E-state index is 13.0. The van der Waals surface area contributed by atoms with Gasteiger partial charge in [0.25, 0.3) is 5.91 Å². The summed E-state index contributed by atoms with van der Waals surface area (Å²) < 4.78 is 39.2. The van der Waals surface area contributed by atoms with E-state index in [2.05, 4.69) is 14.9 Å². The molecule has 174 valence electrons. The number of carbonyl (C=O) groups is 1. The average molecular weight is 491 g/mol. The Balaban J connectivity index is 1.53. The van der Waals surface area contributed by atoms with Crippen LogP contribution in [0.15, 0.2) is 45.8 Å². The molecule has 1 aromatic heterocycles.